The van der Waals surface area contributed by atoms with Gasteiger partial charge >= 0.3 is 0 Å². The number of likely N-dealkylation sites (tertiary alicyclic amines) is 1. The van der Waals surface area contributed by atoms with Crippen molar-refractivity contribution in [2.45, 2.75) is 39.2 Å². The lowest BCUT2D eigenvalue weighted by molar-refractivity contribution is -0.138. The fraction of sp³-hybridized carbons (Fsp3) is 0.533. The summed E-state index contributed by atoms with van der Waals surface area (Å²) in [6.07, 6.45) is 3.33. The molecule has 3 nitrogen and oxygen atoms in total. The van der Waals surface area contributed by atoms with Gasteiger partial charge in [0.15, 0.2) is 0 Å². The zero-order chi connectivity index (χ0) is 13.1. The summed E-state index contributed by atoms with van der Waals surface area (Å²) < 4.78 is 0. The van der Waals surface area contributed by atoms with Gasteiger partial charge in [-0.2, -0.15) is 0 Å². The molecule has 0 saturated carbocycles. The first-order valence-electron chi connectivity index (χ1n) is 6.75. The van der Waals surface area contributed by atoms with Crippen LogP contribution in [0, 0.1) is 5.92 Å². The van der Waals surface area contributed by atoms with Gasteiger partial charge in [-0.1, -0.05) is 26.0 Å². The molecule has 1 saturated heterocycles. The molecule has 1 aliphatic rings. The van der Waals surface area contributed by atoms with E-state index in [9.17, 15) is 4.79 Å². The number of hydrogen-bond donors (Lipinski definition) is 1. The third-order valence-electron chi connectivity index (χ3n) is 3.58. The number of nitrogen functional groups attached to an aromatic ring is 1. The van der Waals surface area contributed by atoms with Gasteiger partial charge < -0.3 is 10.6 Å². The van der Waals surface area contributed by atoms with Gasteiger partial charge in [0.05, 0.1) is 6.04 Å². The minimum atomic E-state index is 0.0617. The quantitative estimate of drug-likeness (QED) is 0.815. The van der Waals surface area contributed by atoms with Gasteiger partial charge in [-0.05, 0) is 37.0 Å². The zero-order valence-corrected chi connectivity index (χ0v) is 11.2. The molecule has 0 radical (unpaired) electrons. The molecule has 0 bridgehead atoms. The standard InChI is InChI=1S/C15H22N2O/c1-11(2)15(18)17-9-4-3-8-14(17)12-6-5-7-13(16)10-12/h5-7,10-11,14H,3-4,8-9,16H2,1-2H3. The van der Waals surface area contributed by atoms with Gasteiger partial charge in [-0.25, -0.2) is 0 Å². The smallest absolute Gasteiger partial charge is 0.225 e. The van der Waals surface area contributed by atoms with Crippen molar-refractivity contribution < 1.29 is 4.79 Å². The molecule has 0 spiro atoms. The lowest BCUT2D eigenvalue weighted by atomic mass is 9.93. The van der Waals surface area contributed by atoms with Gasteiger partial charge in [0.1, 0.15) is 0 Å². The summed E-state index contributed by atoms with van der Waals surface area (Å²) >= 11 is 0. The Kier molecular flexibility index (Phi) is 3.90. The van der Waals surface area contributed by atoms with Crippen LogP contribution in [0.3, 0.4) is 0 Å². The second-order valence-electron chi connectivity index (χ2n) is 5.37. The van der Waals surface area contributed by atoms with Crippen LogP contribution in [0.2, 0.25) is 0 Å². The van der Waals surface area contributed by atoms with E-state index < -0.39 is 0 Å². The van der Waals surface area contributed by atoms with Crippen LogP contribution in [0.15, 0.2) is 24.3 Å². The van der Waals surface area contributed by atoms with E-state index in [0.717, 1.165) is 25.1 Å². The Hall–Kier alpha value is -1.51. The summed E-state index contributed by atoms with van der Waals surface area (Å²) in [5.74, 6) is 0.314. The predicted molar refractivity (Wildman–Crippen MR) is 74.0 cm³/mol. The highest BCUT2D eigenvalue weighted by Gasteiger charge is 2.29. The summed E-state index contributed by atoms with van der Waals surface area (Å²) in [6, 6.07) is 8.14. The molecule has 3 heteroatoms. The number of rotatable bonds is 2. The molecule has 1 unspecified atom stereocenters. The third kappa shape index (κ3) is 2.66. The van der Waals surface area contributed by atoms with Gasteiger partial charge in [0, 0.05) is 18.2 Å². The van der Waals surface area contributed by atoms with E-state index in [4.69, 9.17) is 5.73 Å². The summed E-state index contributed by atoms with van der Waals surface area (Å²) in [7, 11) is 0. The molecule has 98 valence electrons. The third-order valence-corrected chi connectivity index (χ3v) is 3.58. The first-order chi connectivity index (χ1) is 8.59. The van der Waals surface area contributed by atoms with Crippen molar-refractivity contribution in [2.75, 3.05) is 12.3 Å². The van der Waals surface area contributed by atoms with Gasteiger partial charge in [0.25, 0.3) is 0 Å². The van der Waals surface area contributed by atoms with E-state index in [2.05, 4.69) is 6.07 Å². The van der Waals surface area contributed by atoms with Crippen LogP contribution in [-0.2, 0) is 4.79 Å². The second kappa shape index (κ2) is 5.42. The van der Waals surface area contributed by atoms with Crippen LogP contribution < -0.4 is 5.73 Å². The van der Waals surface area contributed by atoms with Crippen molar-refractivity contribution in [2.24, 2.45) is 5.92 Å². The maximum atomic E-state index is 12.3. The summed E-state index contributed by atoms with van der Waals surface area (Å²) in [4.78, 5) is 14.3. The van der Waals surface area contributed by atoms with Crippen LogP contribution in [0.1, 0.15) is 44.7 Å². The zero-order valence-electron chi connectivity index (χ0n) is 11.2. The number of hydrogen-bond acceptors (Lipinski definition) is 2. The number of nitrogens with two attached hydrogens (primary N) is 1. The normalized spacial score (nSPS) is 20.2. The molecule has 1 aliphatic heterocycles. The van der Waals surface area contributed by atoms with Crippen molar-refractivity contribution in [3.8, 4) is 0 Å². The average Bonchev–Trinajstić information content (AvgIpc) is 2.38. The maximum Gasteiger partial charge on any atom is 0.225 e. The van der Waals surface area contributed by atoms with Crippen molar-refractivity contribution in [3.63, 3.8) is 0 Å². The highest BCUT2D eigenvalue weighted by Crippen LogP contribution is 2.32. The predicted octanol–water partition coefficient (Wildman–Crippen LogP) is 2.98. The van der Waals surface area contributed by atoms with Gasteiger partial charge in [0.2, 0.25) is 5.91 Å². The molecule has 1 fully saturated rings. The van der Waals surface area contributed by atoms with Gasteiger partial charge in [-0.15, -0.1) is 0 Å². The number of carbonyl (C=O) groups is 1. The molecule has 2 N–H and O–H groups in total. The molecule has 1 atom stereocenters. The van der Waals surface area contributed by atoms with Crippen LogP contribution in [-0.4, -0.2) is 17.4 Å². The number of nitrogens with zero attached hydrogens (tertiary/aromatic N) is 1. The van der Waals surface area contributed by atoms with Crippen LogP contribution in [0.4, 0.5) is 5.69 Å². The Morgan fingerprint density at radius 1 is 1.39 bits per heavy atom. The Morgan fingerprint density at radius 3 is 2.83 bits per heavy atom. The van der Waals surface area contributed by atoms with Crippen molar-refractivity contribution in [1.82, 2.24) is 4.90 Å². The molecule has 2 rings (SSSR count). The SMILES string of the molecule is CC(C)C(=O)N1CCCCC1c1cccc(N)c1. The van der Waals surface area contributed by atoms with Crippen LogP contribution >= 0.6 is 0 Å². The van der Waals surface area contributed by atoms with Crippen molar-refractivity contribution in [3.05, 3.63) is 29.8 Å². The molecule has 18 heavy (non-hydrogen) atoms. The van der Waals surface area contributed by atoms with E-state index in [0.29, 0.717) is 0 Å². The maximum absolute atomic E-state index is 12.3. The molecule has 0 aliphatic carbocycles. The second-order valence-corrected chi connectivity index (χ2v) is 5.37. The van der Waals surface area contributed by atoms with E-state index in [-0.39, 0.29) is 17.9 Å². The van der Waals surface area contributed by atoms with E-state index in [1.807, 2.05) is 36.9 Å². The first kappa shape index (κ1) is 12.9. The Labute approximate surface area is 109 Å². The Morgan fingerprint density at radius 2 is 2.17 bits per heavy atom. The number of amides is 1. The summed E-state index contributed by atoms with van der Waals surface area (Å²) in [5, 5.41) is 0. The molecule has 1 aromatic rings. The molecular weight excluding hydrogens is 224 g/mol. The molecular formula is C15H22N2O. The minimum absolute atomic E-state index is 0.0617. The average molecular weight is 246 g/mol. The number of piperidine rings is 1. The lowest BCUT2D eigenvalue weighted by Gasteiger charge is -2.37. The molecule has 1 amide bonds. The number of benzene rings is 1. The summed E-state index contributed by atoms with van der Waals surface area (Å²) in [5.41, 5.74) is 7.79. The lowest BCUT2D eigenvalue weighted by Crippen LogP contribution is -2.40. The monoisotopic (exact) mass is 246 g/mol. The molecule has 1 aromatic carbocycles. The van der Waals surface area contributed by atoms with Crippen LogP contribution in [0.5, 0.6) is 0 Å². The fourth-order valence-electron chi connectivity index (χ4n) is 2.64. The largest absolute Gasteiger partial charge is 0.399 e. The van der Waals surface area contributed by atoms with Crippen molar-refractivity contribution >= 4 is 11.6 Å². The first-order valence-corrected chi connectivity index (χ1v) is 6.75. The highest BCUT2D eigenvalue weighted by molar-refractivity contribution is 5.78. The topological polar surface area (TPSA) is 46.3 Å². The Balaban J connectivity index is 2.25. The molecule has 1 heterocycles. The fourth-order valence-corrected chi connectivity index (χ4v) is 2.64. The summed E-state index contributed by atoms with van der Waals surface area (Å²) in [6.45, 7) is 4.80. The van der Waals surface area contributed by atoms with E-state index in [1.54, 1.807) is 0 Å². The van der Waals surface area contributed by atoms with E-state index in [1.165, 1.54) is 12.0 Å². The van der Waals surface area contributed by atoms with E-state index >= 15 is 0 Å². The van der Waals surface area contributed by atoms with Crippen molar-refractivity contribution in [1.29, 1.82) is 0 Å². The van der Waals surface area contributed by atoms with Gasteiger partial charge in [-0.3, -0.25) is 4.79 Å². The number of carbonyl (C=O) groups excluding carboxylic acids is 1. The highest BCUT2D eigenvalue weighted by atomic mass is 16.2. The molecule has 0 aromatic heterocycles. The minimum Gasteiger partial charge on any atom is -0.399 e. The number of anilines is 1. The van der Waals surface area contributed by atoms with Crippen LogP contribution in [0.25, 0.3) is 0 Å². The Bertz CT molecular complexity index is 428.